The number of amides is 1. The lowest BCUT2D eigenvalue weighted by molar-refractivity contribution is -0.120. The zero-order valence-corrected chi connectivity index (χ0v) is 18.8. The van der Waals surface area contributed by atoms with E-state index < -0.39 is 0 Å². The molecule has 31 heavy (non-hydrogen) atoms. The van der Waals surface area contributed by atoms with Crippen LogP contribution in [0.15, 0.2) is 42.5 Å². The molecule has 164 valence electrons. The molecular formula is C22H24ClN3O4S. The van der Waals surface area contributed by atoms with Gasteiger partial charge in [-0.2, -0.15) is 0 Å². The molecule has 0 atom stereocenters. The van der Waals surface area contributed by atoms with Gasteiger partial charge in [-0.05, 0) is 24.3 Å². The van der Waals surface area contributed by atoms with Crippen LogP contribution in [0, 0.1) is 0 Å². The minimum absolute atomic E-state index is 0.118. The Morgan fingerprint density at radius 2 is 1.97 bits per heavy atom. The maximum atomic E-state index is 13.2. The lowest BCUT2D eigenvalue weighted by Crippen LogP contribution is -2.44. The summed E-state index contributed by atoms with van der Waals surface area (Å²) in [6, 6.07) is 12.9. The van der Waals surface area contributed by atoms with E-state index in [-0.39, 0.29) is 12.5 Å². The average Bonchev–Trinajstić information content (AvgIpc) is 3.24. The summed E-state index contributed by atoms with van der Waals surface area (Å²) >= 11 is 7.76. The number of halogens is 1. The third-order valence-corrected chi connectivity index (χ3v) is 6.40. The molecule has 2 heterocycles. The number of thiazole rings is 1. The molecule has 4 rings (SSSR count). The van der Waals surface area contributed by atoms with E-state index in [9.17, 15) is 4.79 Å². The number of para-hydroxylation sites is 3. The van der Waals surface area contributed by atoms with Crippen LogP contribution in [-0.4, -0.2) is 68.9 Å². The Bertz CT molecular complexity index is 1040. The summed E-state index contributed by atoms with van der Waals surface area (Å²) in [7, 11) is 1.57. The smallest absolute Gasteiger partial charge is 0.266 e. The quantitative estimate of drug-likeness (QED) is 0.509. The monoisotopic (exact) mass is 461 g/mol. The normalized spacial score (nSPS) is 14.5. The number of morpholine rings is 1. The molecule has 1 saturated heterocycles. The van der Waals surface area contributed by atoms with Crippen LogP contribution >= 0.6 is 22.9 Å². The lowest BCUT2D eigenvalue weighted by atomic mass is 10.3. The van der Waals surface area contributed by atoms with E-state index in [1.807, 2.05) is 24.3 Å². The Morgan fingerprint density at radius 3 is 2.71 bits per heavy atom. The number of fused-ring (bicyclic) bond motifs is 1. The third kappa shape index (κ3) is 5.27. The second-order valence-corrected chi connectivity index (χ2v) is 8.44. The summed E-state index contributed by atoms with van der Waals surface area (Å²) in [6.07, 6.45) is 0. The van der Waals surface area contributed by atoms with Crippen molar-refractivity contribution in [1.82, 2.24) is 9.88 Å². The van der Waals surface area contributed by atoms with Gasteiger partial charge in [-0.3, -0.25) is 14.6 Å². The molecule has 2 aromatic carbocycles. The molecule has 0 saturated carbocycles. The second-order valence-electron chi connectivity index (χ2n) is 7.02. The summed E-state index contributed by atoms with van der Waals surface area (Å²) in [5.41, 5.74) is 0.707. The molecule has 1 aliphatic rings. The second kappa shape index (κ2) is 10.3. The van der Waals surface area contributed by atoms with Crippen LogP contribution in [0.3, 0.4) is 0 Å². The molecule has 7 nitrogen and oxygen atoms in total. The first-order valence-corrected chi connectivity index (χ1v) is 11.3. The number of anilines is 1. The van der Waals surface area contributed by atoms with Gasteiger partial charge >= 0.3 is 0 Å². The fourth-order valence-corrected chi connectivity index (χ4v) is 4.68. The Hall–Kier alpha value is -2.39. The molecule has 1 fully saturated rings. The number of rotatable bonds is 8. The first kappa shape index (κ1) is 21.8. The van der Waals surface area contributed by atoms with Crippen LogP contribution in [-0.2, 0) is 9.53 Å². The van der Waals surface area contributed by atoms with Crippen LogP contribution in [0.5, 0.6) is 11.5 Å². The SMILES string of the molecule is COc1ccccc1OCC(=O)N(CCN1CCOCC1)c1nc2c(Cl)cccc2s1. The Morgan fingerprint density at radius 1 is 1.19 bits per heavy atom. The van der Waals surface area contributed by atoms with Crippen molar-refractivity contribution in [2.75, 3.05) is 58.0 Å². The number of carbonyl (C=O) groups excluding carboxylic acids is 1. The van der Waals surface area contributed by atoms with Gasteiger partial charge in [-0.25, -0.2) is 4.98 Å². The van der Waals surface area contributed by atoms with Crippen molar-refractivity contribution >= 4 is 44.2 Å². The summed E-state index contributed by atoms with van der Waals surface area (Å²) in [4.78, 5) is 21.8. The van der Waals surface area contributed by atoms with E-state index in [0.717, 1.165) is 24.3 Å². The van der Waals surface area contributed by atoms with Crippen molar-refractivity contribution in [3.8, 4) is 11.5 Å². The minimum Gasteiger partial charge on any atom is -0.493 e. The molecule has 0 radical (unpaired) electrons. The zero-order valence-electron chi connectivity index (χ0n) is 17.3. The van der Waals surface area contributed by atoms with E-state index in [1.54, 1.807) is 30.2 Å². The highest BCUT2D eigenvalue weighted by Crippen LogP contribution is 2.33. The van der Waals surface area contributed by atoms with Crippen molar-refractivity contribution in [1.29, 1.82) is 0 Å². The molecule has 1 amide bonds. The molecule has 9 heteroatoms. The Balaban J connectivity index is 1.53. The molecule has 0 bridgehead atoms. The van der Waals surface area contributed by atoms with E-state index in [4.69, 9.17) is 25.8 Å². The van der Waals surface area contributed by atoms with E-state index in [2.05, 4.69) is 9.88 Å². The Kier molecular flexibility index (Phi) is 7.24. The number of ether oxygens (including phenoxy) is 3. The maximum Gasteiger partial charge on any atom is 0.266 e. The van der Waals surface area contributed by atoms with Gasteiger partial charge in [0.05, 0.1) is 30.0 Å². The molecule has 0 unspecified atom stereocenters. The minimum atomic E-state index is -0.172. The number of carbonyl (C=O) groups is 1. The highest BCUT2D eigenvalue weighted by Gasteiger charge is 2.23. The fourth-order valence-electron chi connectivity index (χ4n) is 3.37. The first-order chi connectivity index (χ1) is 15.2. The summed E-state index contributed by atoms with van der Waals surface area (Å²) in [6.45, 7) is 4.24. The maximum absolute atomic E-state index is 13.2. The van der Waals surface area contributed by atoms with Gasteiger partial charge in [0.25, 0.3) is 5.91 Å². The van der Waals surface area contributed by atoms with Gasteiger partial charge < -0.3 is 14.2 Å². The first-order valence-electron chi connectivity index (χ1n) is 10.1. The van der Waals surface area contributed by atoms with Crippen LogP contribution in [0.1, 0.15) is 0 Å². The molecule has 0 aliphatic carbocycles. The van der Waals surface area contributed by atoms with Crippen LogP contribution in [0.2, 0.25) is 5.02 Å². The van der Waals surface area contributed by atoms with Crippen molar-refractivity contribution < 1.29 is 19.0 Å². The van der Waals surface area contributed by atoms with Gasteiger partial charge in [0, 0.05) is 26.2 Å². The van der Waals surface area contributed by atoms with Crippen molar-refractivity contribution in [2.45, 2.75) is 0 Å². The zero-order chi connectivity index (χ0) is 21.6. The molecular weight excluding hydrogens is 438 g/mol. The van der Waals surface area contributed by atoms with Gasteiger partial charge in [-0.1, -0.05) is 41.1 Å². The Labute approximate surface area is 190 Å². The van der Waals surface area contributed by atoms with Crippen molar-refractivity contribution in [2.24, 2.45) is 0 Å². The van der Waals surface area contributed by atoms with Crippen LogP contribution in [0.25, 0.3) is 10.2 Å². The van der Waals surface area contributed by atoms with Gasteiger partial charge in [0.2, 0.25) is 0 Å². The van der Waals surface area contributed by atoms with E-state index in [1.165, 1.54) is 11.3 Å². The number of hydrogen-bond donors (Lipinski definition) is 0. The summed E-state index contributed by atoms with van der Waals surface area (Å²) < 4.78 is 17.5. The summed E-state index contributed by atoms with van der Waals surface area (Å²) in [5.74, 6) is 0.940. The number of benzene rings is 2. The standard InChI is InChI=1S/C22H24ClN3O4S/c1-28-17-6-2-3-7-18(17)30-15-20(27)26(10-9-25-11-13-29-14-12-25)22-24-21-16(23)5-4-8-19(21)31-22/h2-8H,9-15H2,1H3. The van der Waals surface area contributed by atoms with Crippen molar-refractivity contribution in [3.63, 3.8) is 0 Å². The predicted molar refractivity (Wildman–Crippen MR) is 123 cm³/mol. The van der Waals surface area contributed by atoms with E-state index in [0.29, 0.717) is 46.9 Å². The predicted octanol–water partition coefficient (Wildman–Crippen LogP) is 3.70. The largest absolute Gasteiger partial charge is 0.493 e. The number of nitrogens with zero attached hydrogens (tertiary/aromatic N) is 3. The molecule has 0 N–H and O–H groups in total. The van der Waals surface area contributed by atoms with Gasteiger partial charge in [-0.15, -0.1) is 0 Å². The number of methoxy groups -OCH3 is 1. The fraction of sp³-hybridized carbons (Fsp3) is 0.364. The topological polar surface area (TPSA) is 64.1 Å². The van der Waals surface area contributed by atoms with Gasteiger partial charge in [0.1, 0.15) is 5.52 Å². The highest BCUT2D eigenvalue weighted by atomic mass is 35.5. The molecule has 3 aromatic rings. The summed E-state index contributed by atoms with van der Waals surface area (Å²) in [5, 5.41) is 1.19. The van der Waals surface area contributed by atoms with Crippen LogP contribution < -0.4 is 14.4 Å². The molecule has 1 aliphatic heterocycles. The van der Waals surface area contributed by atoms with E-state index >= 15 is 0 Å². The van der Waals surface area contributed by atoms with Crippen LogP contribution in [0.4, 0.5) is 5.13 Å². The molecule has 1 aromatic heterocycles. The highest BCUT2D eigenvalue weighted by molar-refractivity contribution is 7.22. The average molecular weight is 462 g/mol. The number of aromatic nitrogens is 1. The van der Waals surface area contributed by atoms with Gasteiger partial charge in [0.15, 0.2) is 23.2 Å². The van der Waals surface area contributed by atoms with Crippen molar-refractivity contribution in [3.05, 3.63) is 47.5 Å². The number of hydrogen-bond acceptors (Lipinski definition) is 7. The third-order valence-electron chi connectivity index (χ3n) is 5.05. The molecule has 0 spiro atoms. The lowest BCUT2D eigenvalue weighted by Gasteiger charge is -2.29.